The molecule has 0 radical (unpaired) electrons. The molecule has 0 aliphatic carbocycles. The van der Waals surface area contributed by atoms with Gasteiger partial charge in [0, 0.05) is 5.69 Å². The van der Waals surface area contributed by atoms with E-state index in [2.05, 4.69) is 10.2 Å². The third-order valence-electron chi connectivity index (χ3n) is 1.66. The number of amides is 1. The van der Waals surface area contributed by atoms with Crippen LogP contribution in [0, 0.1) is 6.57 Å². The molecule has 0 aliphatic rings. The lowest BCUT2D eigenvalue weighted by Crippen LogP contribution is -2.13. The number of carbonyl (C=O) groups is 1. The number of nitrogens with one attached hydrogen (secondary N) is 1. The Kier molecular flexibility index (Phi) is 3.95. The predicted octanol–water partition coefficient (Wildman–Crippen LogP) is 2.21. The summed E-state index contributed by atoms with van der Waals surface area (Å²) in [6, 6.07) is 4.88. The minimum atomic E-state index is -0.355. The molecule has 0 saturated heterocycles. The maximum Gasteiger partial charge on any atom is 0.304 e. The molecule has 0 atom stereocenters. The summed E-state index contributed by atoms with van der Waals surface area (Å²) < 4.78 is 4.96. The molecule has 0 unspecified atom stereocenters. The average Bonchev–Trinajstić information content (AvgIpc) is 2.18. The van der Waals surface area contributed by atoms with Crippen LogP contribution in [0.1, 0.15) is 0 Å². The van der Waals surface area contributed by atoms with Crippen LogP contribution in [0.4, 0.5) is 5.69 Å². The number of hydrogen-bond donors (Lipinski definition) is 1. The number of ether oxygens (including phenoxy) is 1. The van der Waals surface area contributed by atoms with Crippen LogP contribution in [0.25, 0.3) is 4.85 Å². The Morgan fingerprint density at radius 1 is 1.67 bits per heavy atom. The summed E-state index contributed by atoms with van der Waals surface area (Å²) in [7, 11) is 1.51. The SMILES string of the molecule is [C-]#[N+]CC(=O)Nc1ccc(OC)c(Cl)c1. The minimum Gasteiger partial charge on any atom is -0.495 e. The molecule has 78 valence electrons. The van der Waals surface area contributed by atoms with Gasteiger partial charge in [-0.1, -0.05) is 11.6 Å². The van der Waals surface area contributed by atoms with Crippen molar-refractivity contribution in [2.24, 2.45) is 0 Å². The molecule has 0 aliphatic heterocycles. The topological polar surface area (TPSA) is 42.7 Å². The van der Waals surface area contributed by atoms with E-state index < -0.39 is 0 Å². The van der Waals surface area contributed by atoms with Crippen molar-refractivity contribution in [1.82, 2.24) is 0 Å². The van der Waals surface area contributed by atoms with Gasteiger partial charge in [0.05, 0.1) is 12.1 Å². The number of nitrogens with zero attached hydrogens (tertiary/aromatic N) is 1. The van der Waals surface area contributed by atoms with E-state index in [1.54, 1.807) is 18.2 Å². The molecule has 0 fully saturated rings. The Morgan fingerprint density at radius 2 is 2.40 bits per heavy atom. The van der Waals surface area contributed by atoms with Gasteiger partial charge in [-0.25, -0.2) is 6.57 Å². The van der Waals surface area contributed by atoms with E-state index in [0.29, 0.717) is 16.5 Å². The van der Waals surface area contributed by atoms with Crippen LogP contribution in [-0.4, -0.2) is 19.6 Å². The molecule has 1 amide bonds. The van der Waals surface area contributed by atoms with E-state index in [1.165, 1.54) is 7.11 Å². The van der Waals surface area contributed by atoms with Gasteiger partial charge in [-0.15, -0.1) is 0 Å². The Bertz CT molecular complexity index is 412. The molecule has 0 aromatic heterocycles. The third-order valence-corrected chi connectivity index (χ3v) is 1.95. The number of rotatable bonds is 3. The van der Waals surface area contributed by atoms with Crippen molar-refractivity contribution in [2.45, 2.75) is 0 Å². The maximum absolute atomic E-state index is 11.1. The first-order valence-corrected chi connectivity index (χ1v) is 4.51. The van der Waals surface area contributed by atoms with Crippen LogP contribution >= 0.6 is 11.6 Å². The van der Waals surface area contributed by atoms with E-state index in [4.69, 9.17) is 22.9 Å². The fraction of sp³-hybridized carbons (Fsp3) is 0.200. The molecule has 5 heteroatoms. The summed E-state index contributed by atoms with van der Waals surface area (Å²) in [5.41, 5.74) is 0.550. The molecule has 0 bridgehead atoms. The van der Waals surface area contributed by atoms with Crippen molar-refractivity contribution in [3.63, 3.8) is 0 Å². The van der Waals surface area contributed by atoms with Crippen LogP contribution in [0.2, 0.25) is 5.02 Å². The highest BCUT2D eigenvalue weighted by Crippen LogP contribution is 2.26. The van der Waals surface area contributed by atoms with Gasteiger partial charge in [-0.3, -0.25) is 4.79 Å². The number of halogens is 1. The van der Waals surface area contributed by atoms with Crippen molar-refractivity contribution in [1.29, 1.82) is 0 Å². The highest BCUT2D eigenvalue weighted by atomic mass is 35.5. The smallest absolute Gasteiger partial charge is 0.304 e. The summed E-state index contributed by atoms with van der Waals surface area (Å²) >= 11 is 5.85. The zero-order chi connectivity index (χ0) is 11.3. The summed E-state index contributed by atoms with van der Waals surface area (Å²) in [4.78, 5) is 14.0. The summed E-state index contributed by atoms with van der Waals surface area (Å²) in [6.45, 7) is 6.33. The molecule has 1 aromatic carbocycles. The van der Waals surface area contributed by atoms with E-state index >= 15 is 0 Å². The zero-order valence-electron chi connectivity index (χ0n) is 8.08. The van der Waals surface area contributed by atoms with E-state index in [1.807, 2.05) is 0 Å². The third kappa shape index (κ3) is 3.15. The normalized spacial score (nSPS) is 9.13. The zero-order valence-corrected chi connectivity index (χ0v) is 8.84. The minimum absolute atomic E-state index is 0.191. The summed E-state index contributed by atoms with van der Waals surface area (Å²) in [5.74, 6) is 0.186. The van der Waals surface area contributed by atoms with Crippen LogP contribution in [0.15, 0.2) is 18.2 Å². The van der Waals surface area contributed by atoms with Crippen LogP contribution < -0.4 is 10.1 Å². The van der Waals surface area contributed by atoms with Gasteiger partial charge in [-0.05, 0) is 18.2 Å². The molecule has 0 spiro atoms. The largest absolute Gasteiger partial charge is 0.495 e. The molecule has 1 N–H and O–H groups in total. The number of benzene rings is 1. The summed E-state index contributed by atoms with van der Waals surface area (Å²) in [6.07, 6.45) is 0. The fourth-order valence-corrected chi connectivity index (χ4v) is 1.27. The van der Waals surface area contributed by atoms with Gasteiger partial charge in [0.1, 0.15) is 5.75 Å². The quantitative estimate of drug-likeness (QED) is 0.800. The second-order valence-electron chi connectivity index (χ2n) is 2.71. The first-order chi connectivity index (χ1) is 7.17. The molecule has 4 nitrogen and oxygen atoms in total. The van der Waals surface area contributed by atoms with E-state index in [-0.39, 0.29) is 12.5 Å². The van der Waals surface area contributed by atoms with Gasteiger partial charge in [0.2, 0.25) is 0 Å². The lowest BCUT2D eigenvalue weighted by atomic mass is 10.3. The molecule has 1 aromatic rings. The molecular weight excluding hydrogens is 216 g/mol. The van der Waals surface area contributed by atoms with Gasteiger partial charge < -0.3 is 14.9 Å². The van der Waals surface area contributed by atoms with Gasteiger partial charge in [0.25, 0.3) is 6.54 Å². The lowest BCUT2D eigenvalue weighted by Gasteiger charge is -2.05. The summed E-state index contributed by atoms with van der Waals surface area (Å²) in [5, 5.41) is 2.96. The Labute approximate surface area is 92.6 Å². The first kappa shape index (κ1) is 11.3. The Morgan fingerprint density at radius 3 is 2.93 bits per heavy atom. The molecule has 0 heterocycles. The first-order valence-electron chi connectivity index (χ1n) is 4.14. The monoisotopic (exact) mass is 224 g/mol. The van der Waals surface area contributed by atoms with Crippen molar-refractivity contribution in [2.75, 3.05) is 19.0 Å². The second kappa shape index (κ2) is 5.23. The molecule has 0 saturated carbocycles. The van der Waals surface area contributed by atoms with Gasteiger partial charge >= 0.3 is 5.91 Å². The van der Waals surface area contributed by atoms with E-state index in [0.717, 1.165) is 0 Å². The van der Waals surface area contributed by atoms with Crippen molar-refractivity contribution in [3.05, 3.63) is 34.6 Å². The van der Waals surface area contributed by atoms with Crippen LogP contribution in [0.3, 0.4) is 0 Å². The number of hydrogen-bond acceptors (Lipinski definition) is 2. The highest BCUT2D eigenvalue weighted by molar-refractivity contribution is 6.32. The van der Waals surface area contributed by atoms with Crippen molar-refractivity contribution >= 4 is 23.2 Å². The number of anilines is 1. The number of methoxy groups -OCH3 is 1. The van der Waals surface area contributed by atoms with Crippen LogP contribution in [-0.2, 0) is 4.79 Å². The van der Waals surface area contributed by atoms with E-state index in [9.17, 15) is 4.79 Å². The average molecular weight is 225 g/mol. The molecule has 1 rings (SSSR count). The molecular formula is C10H9ClN2O2. The maximum atomic E-state index is 11.1. The fourth-order valence-electron chi connectivity index (χ4n) is 1.02. The van der Waals surface area contributed by atoms with Crippen molar-refractivity contribution in [3.8, 4) is 5.75 Å². The highest BCUT2D eigenvalue weighted by Gasteiger charge is 2.06. The number of carbonyl (C=O) groups excluding carboxylic acids is 1. The molecule has 15 heavy (non-hydrogen) atoms. The Balaban J connectivity index is 2.76. The van der Waals surface area contributed by atoms with Gasteiger partial charge in [0.15, 0.2) is 0 Å². The van der Waals surface area contributed by atoms with Crippen molar-refractivity contribution < 1.29 is 9.53 Å². The second-order valence-corrected chi connectivity index (χ2v) is 3.12. The van der Waals surface area contributed by atoms with Crippen LogP contribution in [0.5, 0.6) is 5.75 Å². The predicted molar refractivity (Wildman–Crippen MR) is 58.1 cm³/mol. The van der Waals surface area contributed by atoms with Gasteiger partial charge in [-0.2, -0.15) is 0 Å². The lowest BCUT2D eigenvalue weighted by molar-refractivity contribution is -0.114. The Hall–Kier alpha value is -1.73. The standard InChI is InChI=1S/C10H9ClN2O2/c1-12-6-10(14)13-7-3-4-9(15-2)8(11)5-7/h3-5H,6H2,2H3,(H,13,14).